The molecule has 1 aromatic heterocycles. The average molecular weight is 328 g/mol. The number of likely N-dealkylation sites (tertiary alicyclic amines) is 1. The summed E-state index contributed by atoms with van der Waals surface area (Å²) in [5, 5.41) is 0. The van der Waals surface area contributed by atoms with Crippen LogP contribution < -0.4 is 10.5 Å². The molecule has 3 rings (SSSR count). The van der Waals surface area contributed by atoms with Crippen molar-refractivity contribution >= 4 is 11.6 Å². The van der Waals surface area contributed by atoms with Crippen LogP contribution in [0.15, 0.2) is 34.7 Å². The number of nitrogens with zero attached hydrogens (tertiary/aromatic N) is 1. The molecule has 5 nitrogen and oxygen atoms in total. The van der Waals surface area contributed by atoms with Crippen LogP contribution in [0.2, 0.25) is 0 Å². The number of hydrogen-bond donors (Lipinski definition) is 1. The summed E-state index contributed by atoms with van der Waals surface area (Å²) < 4.78 is 11.2. The molecular weight excluding hydrogens is 304 g/mol. The maximum absolute atomic E-state index is 12.7. The largest absolute Gasteiger partial charge is 0.496 e. The summed E-state index contributed by atoms with van der Waals surface area (Å²) in [6, 6.07) is 8.91. The van der Waals surface area contributed by atoms with Gasteiger partial charge < -0.3 is 19.8 Å². The fourth-order valence-corrected chi connectivity index (χ4v) is 3.49. The Labute approximate surface area is 142 Å². The first-order valence-corrected chi connectivity index (χ1v) is 8.31. The molecule has 1 fully saturated rings. The number of furan rings is 1. The first-order valence-electron chi connectivity index (χ1n) is 8.31. The second-order valence-electron chi connectivity index (χ2n) is 6.78. The number of rotatable bonds is 3. The molecule has 128 valence electrons. The van der Waals surface area contributed by atoms with Crippen LogP contribution in [0, 0.1) is 11.8 Å². The summed E-state index contributed by atoms with van der Waals surface area (Å²) in [6.45, 7) is 5.93. The standard InChI is InChI=1S/C19H24N2O3/c1-12-8-13(2)11-21(10-12)19(22)17-7-6-16(24-17)15-5-4-14(20)9-18(15)23-3/h4-7,9,12-13H,8,10-11,20H2,1-3H3/t12-,13-/m0/s1. The Kier molecular flexibility index (Phi) is 4.51. The zero-order valence-corrected chi connectivity index (χ0v) is 14.4. The van der Waals surface area contributed by atoms with Gasteiger partial charge in [-0.05, 0) is 42.5 Å². The number of nitrogens with two attached hydrogens (primary N) is 1. The third kappa shape index (κ3) is 3.25. The number of amides is 1. The van der Waals surface area contributed by atoms with Crippen molar-refractivity contribution in [2.45, 2.75) is 20.3 Å². The monoisotopic (exact) mass is 328 g/mol. The minimum atomic E-state index is -0.0472. The number of benzene rings is 1. The Balaban J connectivity index is 1.84. The van der Waals surface area contributed by atoms with Crippen LogP contribution >= 0.6 is 0 Å². The minimum absolute atomic E-state index is 0.0472. The van der Waals surface area contributed by atoms with Gasteiger partial charge in [0, 0.05) is 24.8 Å². The summed E-state index contributed by atoms with van der Waals surface area (Å²) in [6.07, 6.45) is 1.16. The van der Waals surface area contributed by atoms with E-state index >= 15 is 0 Å². The van der Waals surface area contributed by atoms with E-state index in [1.165, 1.54) is 0 Å². The van der Waals surface area contributed by atoms with Gasteiger partial charge in [-0.15, -0.1) is 0 Å². The molecule has 1 amide bonds. The van der Waals surface area contributed by atoms with Gasteiger partial charge in [0.25, 0.3) is 5.91 Å². The maximum Gasteiger partial charge on any atom is 0.289 e. The number of piperidine rings is 1. The highest BCUT2D eigenvalue weighted by molar-refractivity contribution is 5.92. The molecule has 5 heteroatoms. The van der Waals surface area contributed by atoms with Gasteiger partial charge in [0.2, 0.25) is 0 Å². The molecular formula is C19H24N2O3. The lowest BCUT2D eigenvalue weighted by atomic mass is 9.92. The van der Waals surface area contributed by atoms with Crippen molar-refractivity contribution < 1.29 is 13.9 Å². The van der Waals surface area contributed by atoms with Gasteiger partial charge in [0.05, 0.1) is 12.7 Å². The Hall–Kier alpha value is -2.43. The Bertz CT molecular complexity index is 728. The average Bonchev–Trinajstić information content (AvgIpc) is 3.02. The van der Waals surface area contributed by atoms with Gasteiger partial charge >= 0.3 is 0 Å². The van der Waals surface area contributed by atoms with Gasteiger partial charge in [-0.1, -0.05) is 13.8 Å². The van der Waals surface area contributed by atoms with Gasteiger partial charge in [-0.3, -0.25) is 4.79 Å². The van der Waals surface area contributed by atoms with E-state index in [9.17, 15) is 4.79 Å². The summed E-state index contributed by atoms with van der Waals surface area (Å²) >= 11 is 0. The van der Waals surface area contributed by atoms with E-state index in [1.54, 1.807) is 31.4 Å². The van der Waals surface area contributed by atoms with Crippen LogP contribution in [0.4, 0.5) is 5.69 Å². The third-order valence-electron chi connectivity index (χ3n) is 4.46. The molecule has 1 aliphatic heterocycles. The van der Waals surface area contributed by atoms with E-state index in [0.29, 0.717) is 34.8 Å². The number of methoxy groups -OCH3 is 1. The van der Waals surface area contributed by atoms with Crippen molar-refractivity contribution in [3.63, 3.8) is 0 Å². The van der Waals surface area contributed by atoms with Crippen LogP contribution in [0.3, 0.4) is 0 Å². The van der Waals surface area contributed by atoms with Crippen molar-refractivity contribution in [2.24, 2.45) is 11.8 Å². The molecule has 0 bridgehead atoms. The van der Waals surface area contributed by atoms with Gasteiger partial charge in [0.15, 0.2) is 5.76 Å². The van der Waals surface area contributed by atoms with E-state index in [0.717, 1.165) is 25.1 Å². The SMILES string of the molecule is COc1cc(N)ccc1-c1ccc(C(=O)N2C[C@@H](C)C[C@H](C)C2)o1. The lowest BCUT2D eigenvalue weighted by molar-refractivity contribution is 0.0592. The second-order valence-corrected chi connectivity index (χ2v) is 6.78. The first kappa shape index (κ1) is 16.4. The highest BCUT2D eigenvalue weighted by atomic mass is 16.5. The van der Waals surface area contributed by atoms with E-state index in [1.807, 2.05) is 11.0 Å². The molecule has 24 heavy (non-hydrogen) atoms. The van der Waals surface area contributed by atoms with E-state index in [-0.39, 0.29) is 5.91 Å². The predicted molar refractivity (Wildman–Crippen MR) is 94.0 cm³/mol. The van der Waals surface area contributed by atoms with E-state index in [2.05, 4.69) is 13.8 Å². The van der Waals surface area contributed by atoms with Crippen molar-refractivity contribution in [2.75, 3.05) is 25.9 Å². The van der Waals surface area contributed by atoms with Gasteiger partial charge in [0.1, 0.15) is 11.5 Å². The summed E-state index contributed by atoms with van der Waals surface area (Å²) in [5.41, 5.74) is 7.19. The number of carbonyl (C=O) groups is 1. The second kappa shape index (κ2) is 6.59. The number of ether oxygens (including phenoxy) is 1. The summed E-state index contributed by atoms with van der Waals surface area (Å²) in [7, 11) is 1.59. The first-order chi connectivity index (χ1) is 11.5. The Morgan fingerprint density at radius 3 is 2.58 bits per heavy atom. The van der Waals surface area contributed by atoms with E-state index in [4.69, 9.17) is 14.9 Å². The molecule has 0 aliphatic carbocycles. The number of anilines is 1. The maximum atomic E-state index is 12.7. The lowest BCUT2D eigenvalue weighted by Crippen LogP contribution is -2.42. The summed E-state index contributed by atoms with van der Waals surface area (Å²) in [5.74, 6) is 2.59. The molecule has 1 aromatic carbocycles. The van der Waals surface area contributed by atoms with E-state index < -0.39 is 0 Å². The van der Waals surface area contributed by atoms with Crippen LogP contribution in [0.25, 0.3) is 11.3 Å². The molecule has 0 saturated carbocycles. The molecule has 2 aromatic rings. The van der Waals surface area contributed by atoms with Crippen molar-refractivity contribution in [3.8, 4) is 17.1 Å². The van der Waals surface area contributed by atoms with Gasteiger partial charge in [-0.2, -0.15) is 0 Å². The highest BCUT2D eigenvalue weighted by Gasteiger charge is 2.28. The van der Waals surface area contributed by atoms with Crippen LogP contribution in [-0.4, -0.2) is 31.0 Å². The van der Waals surface area contributed by atoms with Crippen molar-refractivity contribution in [1.82, 2.24) is 4.90 Å². The summed E-state index contributed by atoms with van der Waals surface area (Å²) in [4.78, 5) is 14.6. The molecule has 1 saturated heterocycles. The number of nitrogen functional groups attached to an aromatic ring is 1. The van der Waals surface area contributed by atoms with Crippen molar-refractivity contribution in [3.05, 3.63) is 36.1 Å². The fraction of sp³-hybridized carbons (Fsp3) is 0.421. The molecule has 2 atom stereocenters. The smallest absolute Gasteiger partial charge is 0.289 e. The molecule has 2 N–H and O–H groups in total. The van der Waals surface area contributed by atoms with Crippen LogP contribution in [0.1, 0.15) is 30.8 Å². The predicted octanol–water partition coefficient (Wildman–Crippen LogP) is 3.66. The fourth-order valence-electron chi connectivity index (χ4n) is 3.49. The molecule has 0 radical (unpaired) electrons. The number of carbonyl (C=O) groups excluding carboxylic acids is 1. The minimum Gasteiger partial charge on any atom is -0.496 e. The Morgan fingerprint density at radius 1 is 1.21 bits per heavy atom. The Morgan fingerprint density at radius 2 is 1.92 bits per heavy atom. The molecule has 0 spiro atoms. The van der Waals surface area contributed by atoms with Crippen molar-refractivity contribution in [1.29, 1.82) is 0 Å². The molecule has 2 heterocycles. The third-order valence-corrected chi connectivity index (χ3v) is 4.46. The van der Waals surface area contributed by atoms with Gasteiger partial charge in [-0.25, -0.2) is 0 Å². The zero-order chi connectivity index (χ0) is 17.3. The lowest BCUT2D eigenvalue weighted by Gasteiger charge is -2.34. The van der Waals surface area contributed by atoms with Crippen LogP contribution in [0.5, 0.6) is 5.75 Å². The molecule has 0 unspecified atom stereocenters. The number of hydrogen-bond acceptors (Lipinski definition) is 4. The highest BCUT2D eigenvalue weighted by Crippen LogP contribution is 2.33. The normalized spacial score (nSPS) is 20.9. The zero-order valence-electron chi connectivity index (χ0n) is 14.4. The van der Waals surface area contributed by atoms with Crippen LogP contribution in [-0.2, 0) is 0 Å². The molecule has 1 aliphatic rings. The quantitative estimate of drug-likeness (QED) is 0.873. The topological polar surface area (TPSA) is 68.7 Å².